The Labute approximate surface area is 131 Å². The third-order valence-corrected chi connectivity index (χ3v) is 3.79. The summed E-state index contributed by atoms with van der Waals surface area (Å²) in [6.07, 6.45) is 4.20. The number of ether oxygens (including phenoxy) is 1. The van der Waals surface area contributed by atoms with E-state index in [2.05, 4.69) is 5.32 Å². The minimum Gasteiger partial charge on any atom is -0.444 e. The Balaban J connectivity index is 2.05. The molecule has 0 unspecified atom stereocenters. The number of hydrogen-bond acceptors (Lipinski definition) is 6. The number of rotatable bonds is 5. The van der Waals surface area contributed by atoms with Gasteiger partial charge in [-0.1, -0.05) is 19.3 Å². The Kier molecular flexibility index (Phi) is 5.45. The Hall–Kier alpha value is -2.71. The van der Waals surface area contributed by atoms with Crippen LogP contribution in [0.2, 0.25) is 0 Å². The number of alkyl carbamates (subject to hydrolysis) is 1. The van der Waals surface area contributed by atoms with E-state index >= 15 is 0 Å². The lowest BCUT2D eigenvalue weighted by atomic mass is 9.96. The molecular formula is C14H17N3O6. The topological polar surface area (TPSA) is 125 Å². The van der Waals surface area contributed by atoms with Crippen LogP contribution in [0.15, 0.2) is 18.2 Å². The van der Waals surface area contributed by atoms with Crippen molar-refractivity contribution in [1.29, 1.82) is 0 Å². The van der Waals surface area contributed by atoms with Crippen LogP contribution in [-0.2, 0) is 11.3 Å². The number of nitro benzene ring substituents is 2. The van der Waals surface area contributed by atoms with Crippen LogP contribution in [0.4, 0.5) is 16.2 Å². The van der Waals surface area contributed by atoms with Gasteiger partial charge in [0.1, 0.15) is 12.2 Å². The van der Waals surface area contributed by atoms with Crippen LogP contribution in [0.3, 0.4) is 0 Å². The number of nitro groups is 2. The number of benzene rings is 1. The lowest BCUT2D eigenvalue weighted by Crippen LogP contribution is -2.36. The number of amides is 1. The second-order valence-corrected chi connectivity index (χ2v) is 5.34. The molecule has 0 bridgehead atoms. The Morgan fingerprint density at radius 3 is 2.22 bits per heavy atom. The summed E-state index contributed by atoms with van der Waals surface area (Å²) in [6, 6.07) is 3.54. The molecule has 0 aromatic heterocycles. The molecule has 1 saturated carbocycles. The zero-order valence-corrected chi connectivity index (χ0v) is 12.4. The zero-order chi connectivity index (χ0) is 16.8. The van der Waals surface area contributed by atoms with Crippen LogP contribution in [0, 0.1) is 20.2 Å². The largest absolute Gasteiger partial charge is 0.444 e. The first-order valence-electron chi connectivity index (χ1n) is 7.33. The minimum absolute atomic E-state index is 0.0250. The normalized spacial score (nSPS) is 15.0. The maximum absolute atomic E-state index is 11.8. The molecule has 1 N–H and O–H groups in total. The highest BCUT2D eigenvalue weighted by Gasteiger charge is 2.26. The first kappa shape index (κ1) is 16.7. The molecule has 1 amide bonds. The highest BCUT2D eigenvalue weighted by molar-refractivity contribution is 5.68. The highest BCUT2D eigenvalue weighted by Crippen LogP contribution is 2.28. The molecule has 9 nitrogen and oxygen atoms in total. The van der Waals surface area contributed by atoms with Crippen LogP contribution >= 0.6 is 0 Å². The van der Waals surface area contributed by atoms with Crippen molar-refractivity contribution in [3.63, 3.8) is 0 Å². The van der Waals surface area contributed by atoms with E-state index in [0.29, 0.717) is 0 Å². The fourth-order valence-electron chi connectivity index (χ4n) is 2.65. The van der Waals surface area contributed by atoms with Gasteiger partial charge in [-0.05, 0) is 18.9 Å². The van der Waals surface area contributed by atoms with Gasteiger partial charge >= 0.3 is 6.09 Å². The van der Waals surface area contributed by atoms with E-state index in [9.17, 15) is 25.0 Å². The summed E-state index contributed by atoms with van der Waals surface area (Å²) in [4.78, 5) is 32.3. The highest BCUT2D eigenvalue weighted by atomic mass is 16.6. The molecule has 1 aromatic carbocycles. The Bertz CT molecular complexity index is 580. The number of nitrogens with zero attached hydrogens (tertiary/aromatic N) is 2. The van der Waals surface area contributed by atoms with Gasteiger partial charge in [-0.2, -0.15) is 0 Å². The van der Waals surface area contributed by atoms with Crippen molar-refractivity contribution in [3.05, 3.63) is 44.0 Å². The first-order chi connectivity index (χ1) is 11.0. The molecule has 1 fully saturated rings. The van der Waals surface area contributed by atoms with Crippen LogP contribution in [0.1, 0.15) is 37.7 Å². The van der Waals surface area contributed by atoms with E-state index in [-0.39, 0.29) is 11.6 Å². The van der Waals surface area contributed by atoms with Crippen molar-refractivity contribution < 1.29 is 19.4 Å². The molecular weight excluding hydrogens is 306 g/mol. The van der Waals surface area contributed by atoms with E-state index in [1.54, 1.807) is 0 Å². The number of nitrogens with one attached hydrogen (secondary N) is 1. The maximum Gasteiger partial charge on any atom is 0.407 e. The standard InChI is InChI=1S/C14H17N3O6/c18-14(15-10-5-2-1-3-6-10)23-9-11-12(16(19)20)7-4-8-13(11)17(21)22/h4,7-8,10H,1-3,5-6,9H2,(H,15,18). The fourth-order valence-corrected chi connectivity index (χ4v) is 2.65. The molecule has 1 aliphatic carbocycles. The fraction of sp³-hybridized carbons (Fsp3) is 0.500. The average Bonchev–Trinajstić information content (AvgIpc) is 2.53. The maximum atomic E-state index is 11.8. The number of carbonyl (C=O) groups is 1. The summed E-state index contributed by atoms with van der Waals surface area (Å²) in [7, 11) is 0. The molecule has 0 atom stereocenters. The van der Waals surface area contributed by atoms with Crippen LogP contribution in [0.25, 0.3) is 0 Å². The van der Waals surface area contributed by atoms with Gasteiger partial charge in [0.05, 0.1) is 9.85 Å². The van der Waals surface area contributed by atoms with Crippen LogP contribution in [0.5, 0.6) is 0 Å². The van der Waals surface area contributed by atoms with Gasteiger partial charge in [0, 0.05) is 18.2 Å². The Morgan fingerprint density at radius 2 is 1.70 bits per heavy atom. The molecule has 23 heavy (non-hydrogen) atoms. The zero-order valence-electron chi connectivity index (χ0n) is 12.4. The lowest BCUT2D eigenvalue weighted by molar-refractivity contribution is -0.396. The molecule has 0 saturated heterocycles. The summed E-state index contributed by atoms with van der Waals surface area (Å²) < 4.78 is 4.95. The van der Waals surface area contributed by atoms with E-state index in [1.165, 1.54) is 6.07 Å². The van der Waals surface area contributed by atoms with Crippen molar-refractivity contribution in [2.75, 3.05) is 0 Å². The molecule has 0 heterocycles. The van der Waals surface area contributed by atoms with E-state index in [0.717, 1.165) is 44.2 Å². The van der Waals surface area contributed by atoms with Gasteiger partial charge in [0.15, 0.2) is 0 Å². The minimum atomic E-state index is -0.731. The average molecular weight is 323 g/mol. The van der Waals surface area contributed by atoms with Gasteiger partial charge in [0.2, 0.25) is 0 Å². The molecule has 9 heteroatoms. The van der Waals surface area contributed by atoms with Gasteiger partial charge in [-0.25, -0.2) is 4.79 Å². The molecule has 1 aromatic rings. The van der Waals surface area contributed by atoms with Crippen molar-refractivity contribution in [1.82, 2.24) is 5.32 Å². The third-order valence-electron chi connectivity index (χ3n) is 3.79. The summed E-state index contributed by atoms with van der Waals surface area (Å²) in [5.74, 6) is 0. The molecule has 0 aliphatic heterocycles. The van der Waals surface area contributed by atoms with Crippen molar-refractivity contribution >= 4 is 17.5 Å². The van der Waals surface area contributed by atoms with Crippen molar-refractivity contribution in [2.45, 2.75) is 44.8 Å². The lowest BCUT2D eigenvalue weighted by Gasteiger charge is -2.22. The predicted octanol–water partition coefficient (Wildman–Crippen LogP) is 3.06. The summed E-state index contributed by atoms with van der Waals surface area (Å²) >= 11 is 0. The SMILES string of the molecule is O=C(NC1CCCCC1)OCc1c([N+](=O)[O-])cccc1[N+](=O)[O-]. The van der Waals surface area contributed by atoms with E-state index in [1.807, 2.05) is 0 Å². The quantitative estimate of drug-likeness (QED) is 0.655. The summed E-state index contributed by atoms with van der Waals surface area (Å²) in [5, 5.41) is 24.7. The molecule has 0 radical (unpaired) electrons. The van der Waals surface area contributed by atoms with Crippen LogP contribution < -0.4 is 5.32 Å². The summed E-state index contributed by atoms with van der Waals surface area (Å²) in [6.45, 7) is -0.522. The van der Waals surface area contributed by atoms with E-state index < -0.39 is 33.9 Å². The number of carbonyl (C=O) groups excluding carboxylic acids is 1. The first-order valence-corrected chi connectivity index (χ1v) is 7.33. The van der Waals surface area contributed by atoms with Gasteiger partial charge < -0.3 is 10.1 Å². The molecule has 2 rings (SSSR count). The second-order valence-electron chi connectivity index (χ2n) is 5.34. The van der Waals surface area contributed by atoms with Crippen molar-refractivity contribution in [2.24, 2.45) is 0 Å². The predicted molar refractivity (Wildman–Crippen MR) is 79.9 cm³/mol. The molecule has 124 valence electrons. The van der Waals surface area contributed by atoms with Crippen molar-refractivity contribution in [3.8, 4) is 0 Å². The number of hydrogen-bond donors (Lipinski definition) is 1. The molecule has 1 aliphatic rings. The summed E-state index contributed by atoms with van der Waals surface area (Å²) in [5.41, 5.74) is -1.10. The smallest absolute Gasteiger partial charge is 0.407 e. The molecule has 0 spiro atoms. The van der Waals surface area contributed by atoms with Gasteiger partial charge in [-0.3, -0.25) is 20.2 Å². The van der Waals surface area contributed by atoms with Gasteiger partial charge in [-0.15, -0.1) is 0 Å². The third kappa shape index (κ3) is 4.38. The second kappa shape index (κ2) is 7.52. The Morgan fingerprint density at radius 1 is 1.13 bits per heavy atom. The van der Waals surface area contributed by atoms with Gasteiger partial charge in [0.25, 0.3) is 11.4 Å². The van der Waals surface area contributed by atoms with E-state index in [4.69, 9.17) is 4.74 Å². The van der Waals surface area contributed by atoms with Crippen LogP contribution in [-0.4, -0.2) is 22.0 Å². The monoisotopic (exact) mass is 323 g/mol.